The first-order chi connectivity index (χ1) is 9.74. The normalized spacial score (nSPS) is 25.1. The lowest BCUT2D eigenvalue weighted by Crippen LogP contribution is -2.42. The van der Waals surface area contributed by atoms with Crippen LogP contribution in [0.25, 0.3) is 0 Å². The van der Waals surface area contributed by atoms with Crippen molar-refractivity contribution in [3.05, 3.63) is 30.1 Å². The van der Waals surface area contributed by atoms with Gasteiger partial charge in [-0.05, 0) is 37.9 Å². The van der Waals surface area contributed by atoms with Gasteiger partial charge in [0.25, 0.3) is 0 Å². The van der Waals surface area contributed by atoms with Crippen molar-refractivity contribution in [2.75, 3.05) is 6.54 Å². The van der Waals surface area contributed by atoms with E-state index >= 15 is 0 Å². The van der Waals surface area contributed by atoms with Crippen molar-refractivity contribution in [2.24, 2.45) is 0 Å². The molecule has 3 atom stereocenters. The predicted molar refractivity (Wildman–Crippen MR) is 81.8 cm³/mol. The van der Waals surface area contributed by atoms with Crippen molar-refractivity contribution in [1.82, 2.24) is 5.32 Å². The molecule has 0 bridgehead atoms. The Labute approximate surface area is 123 Å². The highest BCUT2D eigenvalue weighted by Crippen LogP contribution is 2.26. The van der Waals surface area contributed by atoms with E-state index < -0.39 is 10.8 Å². The second kappa shape index (κ2) is 7.89. The molecule has 1 aliphatic rings. The molecular weight excluding hydrogens is 273 g/mol. The number of halogens is 1. The van der Waals surface area contributed by atoms with Crippen molar-refractivity contribution >= 4 is 10.8 Å². The molecule has 0 aromatic heterocycles. The van der Waals surface area contributed by atoms with Crippen molar-refractivity contribution in [2.45, 2.75) is 61.6 Å². The van der Waals surface area contributed by atoms with E-state index in [0.29, 0.717) is 4.90 Å². The second-order valence-electron chi connectivity index (χ2n) is 5.46. The lowest BCUT2D eigenvalue weighted by Gasteiger charge is -2.25. The highest BCUT2D eigenvalue weighted by atomic mass is 32.2. The van der Waals surface area contributed by atoms with Gasteiger partial charge in [0.2, 0.25) is 0 Å². The van der Waals surface area contributed by atoms with Gasteiger partial charge in [-0.25, -0.2) is 4.39 Å². The molecule has 2 nitrogen and oxygen atoms in total. The topological polar surface area (TPSA) is 29.1 Å². The van der Waals surface area contributed by atoms with Crippen molar-refractivity contribution in [1.29, 1.82) is 0 Å². The lowest BCUT2D eigenvalue weighted by atomic mass is 10.1. The molecule has 0 aliphatic heterocycles. The average Bonchev–Trinajstić information content (AvgIpc) is 2.70. The molecule has 1 saturated carbocycles. The fourth-order valence-electron chi connectivity index (χ4n) is 2.86. The number of hydrogen-bond donors (Lipinski definition) is 1. The molecule has 2 rings (SSSR count). The molecule has 112 valence electrons. The first kappa shape index (κ1) is 15.6. The van der Waals surface area contributed by atoms with E-state index in [1.54, 1.807) is 18.2 Å². The molecule has 1 N–H and O–H groups in total. The van der Waals surface area contributed by atoms with E-state index in [-0.39, 0.29) is 17.1 Å². The monoisotopic (exact) mass is 297 g/mol. The summed E-state index contributed by atoms with van der Waals surface area (Å²) in [5, 5.41) is 3.54. The zero-order valence-corrected chi connectivity index (χ0v) is 12.9. The Morgan fingerprint density at radius 3 is 2.75 bits per heavy atom. The van der Waals surface area contributed by atoms with Crippen molar-refractivity contribution in [3.63, 3.8) is 0 Å². The van der Waals surface area contributed by atoms with Crippen LogP contribution in [0.2, 0.25) is 0 Å². The Hall–Kier alpha value is -0.740. The Morgan fingerprint density at radius 2 is 2.00 bits per heavy atom. The molecule has 3 unspecified atom stereocenters. The molecule has 0 saturated heterocycles. The molecule has 1 aromatic rings. The largest absolute Gasteiger partial charge is 0.313 e. The Morgan fingerprint density at radius 1 is 1.25 bits per heavy atom. The number of nitrogens with one attached hydrogen (secondary N) is 1. The molecule has 0 radical (unpaired) electrons. The van der Waals surface area contributed by atoms with Crippen LogP contribution in [0.3, 0.4) is 0 Å². The summed E-state index contributed by atoms with van der Waals surface area (Å²) in [6.45, 7) is 3.07. The zero-order valence-electron chi connectivity index (χ0n) is 12.1. The number of rotatable bonds is 5. The van der Waals surface area contributed by atoms with E-state index in [2.05, 4.69) is 12.2 Å². The minimum absolute atomic E-state index is 0.0287. The Kier molecular flexibility index (Phi) is 6.17. The summed E-state index contributed by atoms with van der Waals surface area (Å²) in [5.41, 5.74) is 0. The zero-order chi connectivity index (χ0) is 14.4. The molecule has 1 fully saturated rings. The Bertz CT molecular complexity index is 452. The smallest absolute Gasteiger partial charge is 0.139 e. The maximum atomic E-state index is 13.9. The SMILES string of the molecule is CCCNC1CCCCCC1S(=O)c1ccccc1F. The van der Waals surface area contributed by atoms with Crippen LogP contribution in [-0.2, 0) is 10.8 Å². The summed E-state index contributed by atoms with van der Waals surface area (Å²) in [5.74, 6) is -0.343. The van der Waals surface area contributed by atoms with Gasteiger partial charge in [-0.15, -0.1) is 0 Å². The van der Waals surface area contributed by atoms with E-state index in [0.717, 1.165) is 32.2 Å². The van der Waals surface area contributed by atoms with Crippen LogP contribution >= 0.6 is 0 Å². The molecule has 4 heteroatoms. The van der Waals surface area contributed by atoms with Gasteiger partial charge < -0.3 is 5.32 Å². The molecule has 0 heterocycles. The molecular formula is C16H24FNOS. The maximum Gasteiger partial charge on any atom is 0.139 e. The van der Waals surface area contributed by atoms with Gasteiger partial charge in [0.05, 0.1) is 20.9 Å². The minimum atomic E-state index is -1.26. The molecule has 1 aromatic carbocycles. The van der Waals surface area contributed by atoms with Gasteiger partial charge in [-0.2, -0.15) is 0 Å². The fraction of sp³-hybridized carbons (Fsp3) is 0.625. The van der Waals surface area contributed by atoms with Crippen LogP contribution in [-0.4, -0.2) is 22.0 Å². The first-order valence-electron chi connectivity index (χ1n) is 7.62. The van der Waals surface area contributed by atoms with Gasteiger partial charge in [-0.1, -0.05) is 38.3 Å². The van der Waals surface area contributed by atoms with Crippen LogP contribution in [0.4, 0.5) is 4.39 Å². The summed E-state index contributed by atoms with van der Waals surface area (Å²) in [6, 6.07) is 6.72. The van der Waals surface area contributed by atoms with Crippen molar-refractivity contribution < 1.29 is 8.60 Å². The summed E-state index contributed by atoms with van der Waals surface area (Å²) in [7, 11) is -1.26. The van der Waals surface area contributed by atoms with Crippen LogP contribution in [0.1, 0.15) is 45.4 Å². The molecule has 20 heavy (non-hydrogen) atoms. The van der Waals surface area contributed by atoms with E-state index in [1.165, 1.54) is 18.9 Å². The fourth-order valence-corrected chi connectivity index (χ4v) is 4.57. The molecule has 0 amide bonds. The van der Waals surface area contributed by atoms with Gasteiger partial charge in [-0.3, -0.25) is 4.21 Å². The lowest BCUT2D eigenvalue weighted by molar-refractivity contribution is 0.461. The summed E-state index contributed by atoms with van der Waals surface area (Å²) < 4.78 is 26.6. The van der Waals surface area contributed by atoms with Crippen LogP contribution in [0.15, 0.2) is 29.2 Å². The van der Waals surface area contributed by atoms with E-state index in [1.807, 2.05) is 0 Å². The van der Waals surface area contributed by atoms with Crippen LogP contribution < -0.4 is 5.32 Å². The summed E-state index contributed by atoms with van der Waals surface area (Å²) in [6.07, 6.45) is 6.49. The van der Waals surface area contributed by atoms with Crippen LogP contribution in [0, 0.1) is 5.82 Å². The predicted octanol–water partition coefficient (Wildman–Crippen LogP) is 3.63. The van der Waals surface area contributed by atoms with Crippen LogP contribution in [0.5, 0.6) is 0 Å². The number of benzene rings is 1. The molecule has 1 aliphatic carbocycles. The quantitative estimate of drug-likeness (QED) is 0.841. The highest BCUT2D eigenvalue weighted by Gasteiger charge is 2.30. The maximum absolute atomic E-state index is 13.9. The van der Waals surface area contributed by atoms with Crippen molar-refractivity contribution in [3.8, 4) is 0 Å². The number of hydrogen-bond acceptors (Lipinski definition) is 2. The third-order valence-electron chi connectivity index (χ3n) is 3.94. The second-order valence-corrected chi connectivity index (χ2v) is 7.11. The standard InChI is InChI=1S/C16H24FNOS/c1-2-12-18-14-9-4-3-5-11-16(14)20(19)15-10-7-6-8-13(15)17/h6-8,10,14,16,18H,2-5,9,11-12H2,1H3. The van der Waals surface area contributed by atoms with Gasteiger partial charge in [0.1, 0.15) is 5.82 Å². The van der Waals surface area contributed by atoms with E-state index in [4.69, 9.17) is 0 Å². The average molecular weight is 297 g/mol. The van der Waals surface area contributed by atoms with Gasteiger partial charge in [0.15, 0.2) is 0 Å². The summed E-state index contributed by atoms with van der Waals surface area (Å²) in [4.78, 5) is 0.364. The highest BCUT2D eigenvalue weighted by molar-refractivity contribution is 7.85. The third kappa shape index (κ3) is 3.89. The van der Waals surface area contributed by atoms with E-state index in [9.17, 15) is 8.60 Å². The first-order valence-corrected chi connectivity index (χ1v) is 8.83. The van der Waals surface area contributed by atoms with Gasteiger partial charge in [0, 0.05) is 6.04 Å². The minimum Gasteiger partial charge on any atom is -0.313 e. The Balaban J connectivity index is 2.17. The summed E-state index contributed by atoms with van der Waals surface area (Å²) >= 11 is 0. The van der Waals surface area contributed by atoms with Gasteiger partial charge >= 0.3 is 0 Å². The molecule has 0 spiro atoms. The third-order valence-corrected chi connectivity index (χ3v) is 5.82.